The molecule has 2 bridgehead atoms. The Balaban J connectivity index is 1.88. The maximum absolute atomic E-state index is 11.0. The number of carbonyl (C=O) groups is 1. The molecule has 0 aliphatic carbocycles. The molecular weight excluding hydrogens is 230 g/mol. The minimum Gasteiger partial charge on any atom is -0.476 e. The van der Waals surface area contributed by atoms with E-state index in [4.69, 9.17) is 5.11 Å². The van der Waals surface area contributed by atoms with Crippen molar-refractivity contribution in [3.8, 4) is 0 Å². The molecular formula is C13H19N3O2. The zero-order valence-corrected chi connectivity index (χ0v) is 10.6. The number of carboxylic acids is 1. The van der Waals surface area contributed by atoms with E-state index < -0.39 is 5.97 Å². The first-order valence-corrected chi connectivity index (χ1v) is 6.73. The van der Waals surface area contributed by atoms with Crippen molar-refractivity contribution in [2.75, 3.05) is 0 Å². The quantitative estimate of drug-likeness (QED) is 0.854. The Labute approximate surface area is 106 Å². The van der Waals surface area contributed by atoms with Crippen LogP contribution in [0.15, 0.2) is 6.20 Å². The number of fused-ring (bicyclic) bond motifs is 2. The third-order valence-electron chi connectivity index (χ3n) is 4.21. The van der Waals surface area contributed by atoms with Crippen molar-refractivity contribution in [1.29, 1.82) is 0 Å². The van der Waals surface area contributed by atoms with Crippen molar-refractivity contribution in [3.63, 3.8) is 0 Å². The summed E-state index contributed by atoms with van der Waals surface area (Å²) >= 11 is 0. The zero-order valence-electron chi connectivity index (χ0n) is 10.6. The van der Waals surface area contributed by atoms with Crippen LogP contribution in [-0.2, 0) is 6.54 Å². The molecule has 98 valence electrons. The average Bonchev–Trinajstić information content (AvgIpc) is 2.93. The van der Waals surface area contributed by atoms with Crippen LogP contribution in [0.25, 0.3) is 0 Å². The van der Waals surface area contributed by atoms with Gasteiger partial charge in [-0.1, -0.05) is 0 Å². The topological polar surface area (TPSA) is 67.2 Å². The number of carboxylic acid groups (broad SMARTS) is 1. The molecule has 1 aromatic heterocycles. The molecule has 18 heavy (non-hydrogen) atoms. The maximum atomic E-state index is 11.0. The largest absolute Gasteiger partial charge is 0.476 e. The second-order valence-corrected chi connectivity index (χ2v) is 5.38. The first-order valence-electron chi connectivity index (χ1n) is 6.73. The van der Waals surface area contributed by atoms with Gasteiger partial charge in [0, 0.05) is 30.7 Å². The molecule has 3 heterocycles. The highest BCUT2D eigenvalue weighted by atomic mass is 16.4. The highest BCUT2D eigenvalue weighted by molar-refractivity contribution is 5.85. The molecule has 5 heteroatoms. The Bertz CT molecular complexity index is 457. The smallest absolute Gasteiger partial charge is 0.356 e. The number of aromatic nitrogens is 2. The van der Waals surface area contributed by atoms with E-state index in [-0.39, 0.29) is 5.69 Å². The minimum absolute atomic E-state index is 0.178. The number of piperidine rings is 1. The number of rotatable bonds is 3. The Morgan fingerprint density at radius 2 is 2.17 bits per heavy atom. The Morgan fingerprint density at radius 1 is 1.50 bits per heavy atom. The molecule has 1 aromatic rings. The average molecular weight is 249 g/mol. The number of hydrogen-bond acceptors (Lipinski definition) is 3. The van der Waals surface area contributed by atoms with E-state index in [1.165, 1.54) is 12.8 Å². The van der Waals surface area contributed by atoms with Crippen LogP contribution in [0.4, 0.5) is 0 Å². The van der Waals surface area contributed by atoms with Gasteiger partial charge in [0.05, 0.1) is 0 Å². The minimum atomic E-state index is -0.930. The second kappa shape index (κ2) is 4.39. The summed E-state index contributed by atoms with van der Waals surface area (Å²) in [5.41, 5.74) is 0.178. The number of aryl methyl sites for hydroxylation is 1. The van der Waals surface area contributed by atoms with Crippen LogP contribution in [0.2, 0.25) is 0 Å². The molecule has 5 nitrogen and oxygen atoms in total. The van der Waals surface area contributed by atoms with Gasteiger partial charge in [0.2, 0.25) is 0 Å². The van der Waals surface area contributed by atoms with E-state index in [1.54, 1.807) is 6.20 Å². The predicted octanol–water partition coefficient (Wildman–Crippen LogP) is 1.60. The van der Waals surface area contributed by atoms with Gasteiger partial charge in [0.1, 0.15) is 5.82 Å². The number of nitrogens with one attached hydrogen (secondary N) is 1. The van der Waals surface area contributed by atoms with Gasteiger partial charge < -0.3 is 15.0 Å². The third-order valence-corrected chi connectivity index (χ3v) is 4.21. The molecule has 0 spiro atoms. The summed E-state index contributed by atoms with van der Waals surface area (Å²) in [6, 6.07) is 1.20. The van der Waals surface area contributed by atoms with Crippen molar-refractivity contribution in [1.82, 2.24) is 14.9 Å². The highest BCUT2D eigenvalue weighted by Gasteiger charge is 2.36. The number of aromatic carboxylic acids is 1. The lowest BCUT2D eigenvalue weighted by molar-refractivity contribution is 0.0690. The molecule has 1 unspecified atom stereocenters. The van der Waals surface area contributed by atoms with Crippen LogP contribution in [0.3, 0.4) is 0 Å². The summed E-state index contributed by atoms with van der Waals surface area (Å²) in [5.74, 6) is 0.449. The van der Waals surface area contributed by atoms with E-state index in [1.807, 2.05) is 11.5 Å². The van der Waals surface area contributed by atoms with Crippen molar-refractivity contribution >= 4 is 5.97 Å². The van der Waals surface area contributed by atoms with E-state index >= 15 is 0 Å². The van der Waals surface area contributed by atoms with E-state index in [0.717, 1.165) is 25.2 Å². The lowest BCUT2D eigenvalue weighted by Gasteiger charge is -2.28. The number of hydrogen-bond donors (Lipinski definition) is 2. The zero-order chi connectivity index (χ0) is 12.7. The predicted molar refractivity (Wildman–Crippen MR) is 66.8 cm³/mol. The summed E-state index contributed by atoms with van der Waals surface area (Å²) in [7, 11) is 0. The fraction of sp³-hybridized carbons (Fsp3) is 0.692. The van der Waals surface area contributed by atoms with Gasteiger partial charge in [0.25, 0.3) is 0 Å². The Kier molecular flexibility index (Phi) is 2.86. The van der Waals surface area contributed by atoms with Gasteiger partial charge in [0.15, 0.2) is 5.69 Å². The molecule has 2 saturated heterocycles. The van der Waals surface area contributed by atoms with E-state index in [9.17, 15) is 4.79 Å². The second-order valence-electron chi connectivity index (χ2n) is 5.38. The van der Waals surface area contributed by atoms with Crippen LogP contribution in [-0.4, -0.2) is 32.7 Å². The molecule has 2 aliphatic heterocycles. The van der Waals surface area contributed by atoms with Gasteiger partial charge in [-0.2, -0.15) is 0 Å². The SMILES string of the molecule is CCn1cc(C(=O)O)nc1C1C[C@H]2CC[C@@H](C1)N2. The third kappa shape index (κ3) is 1.92. The molecule has 3 rings (SSSR count). The number of nitrogens with zero attached hydrogens (tertiary/aromatic N) is 2. The summed E-state index contributed by atoms with van der Waals surface area (Å²) < 4.78 is 2.00. The molecule has 0 aromatic carbocycles. The molecule has 2 N–H and O–H groups in total. The van der Waals surface area contributed by atoms with Gasteiger partial charge in [-0.3, -0.25) is 0 Å². The van der Waals surface area contributed by atoms with Crippen LogP contribution in [0, 0.1) is 0 Å². The molecule has 0 amide bonds. The first-order chi connectivity index (χ1) is 8.67. The summed E-state index contributed by atoms with van der Waals surface area (Å²) in [6.07, 6.45) is 6.35. The first kappa shape index (κ1) is 11.7. The molecule has 0 saturated carbocycles. The van der Waals surface area contributed by atoms with Crippen LogP contribution >= 0.6 is 0 Å². The lowest BCUT2D eigenvalue weighted by Crippen LogP contribution is -2.37. The number of imidazole rings is 1. The van der Waals surface area contributed by atoms with Crippen molar-refractivity contribution in [2.24, 2.45) is 0 Å². The fourth-order valence-corrected chi connectivity index (χ4v) is 3.38. The molecule has 0 radical (unpaired) electrons. The molecule has 2 fully saturated rings. The van der Waals surface area contributed by atoms with Gasteiger partial charge in [-0.25, -0.2) is 9.78 Å². The van der Waals surface area contributed by atoms with E-state index in [0.29, 0.717) is 18.0 Å². The normalized spacial score (nSPS) is 30.6. The summed E-state index contributed by atoms with van der Waals surface area (Å²) in [4.78, 5) is 15.4. The van der Waals surface area contributed by atoms with Gasteiger partial charge >= 0.3 is 5.97 Å². The lowest BCUT2D eigenvalue weighted by atomic mass is 9.91. The fourth-order valence-electron chi connectivity index (χ4n) is 3.38. The van der Waals surface area contributed by atoms with Gasteiger partial charge in [-0.05, 0) is 32.6 Å². The van der Waals surface area contributed by atoms with E-state index in [2.05, 4.69) is 10.3 Å². The van der Waals surface area contributed by atoms with Crippen molar-refractivity contribution in [2.45, 2.75) is 57.2 Å². The maximum Gasteiger partial charge on any atom is 0.356 e. The van der Waals surface area contributed by atoms with Crippen LogP contribution in [0.5, 0.6) is 0 Å². The highest BCUT2D eigenvalue weighted by Crippen LogP contribution is 2.36. The van der Waals surface area contributed by atoms with Gasteiger partial charge in [-0.15, -0.1) is 0 Å². The Hall–Kier alpha value is -1.36. The summed E-state index contributed by atoms with van der Waals surface area (Å²) in [6.45, 7) is 2.82. The summed E-state index contributed by atoms with van der Waals surface area (Å²) in [5, 5.41) is 12.6. The molecule has 3 atom stereocenters. The Morgan fingerprint density at radius 3 is 2.72 bits per heavy atom. The standard InChI is InChI=1S/C13H19N3O2/c1-2-16-7-11(13(17)18)15-12(16)8-5-9-3-4-10(6-8)14-9/h7-10,14H,2-6H2,1H3,(H,17,18)/t8?,9-,10+. The molecule has 2 aliphatic rings. The van der Waals surface area contributed by atoms with Crippen LogP contribution < -0.4 is 5.32 Å². The van der Waals surface area contributed by atoms with Crippen LogP contribution in [0.1, 0.15) is 54.8 Å². The van der Waals surface area contributed by atoms with Crippen molar-refractivity contribution < 1.29 is 9.90 Å². The monoisotopic (exact) mass is 249 g/mol. The van der Waals surface area contributed by atoms with Crippen molar-refractivity contribution in [3.05, 3.63) is 17.7 Å².